The quantitative estimate of drug-likeness (QED) is 0.664. The van der Waals surface area contributed by atoms with Crippen molar-refractivity contribution in [2.24, 2.45) is 0 Å². The molecule has 0 saturated heterocycles. The summed E-state index contributed by atoms with van der Waals surface area (Å²) in [4.78, 5) is 10.4. The van der Waals surface area contributed by atoms with Crippen molar-refractivity contribution < 1.29 is 0 Å². The molecule has 7 heteroatoms. The maximum absolute atomic E-state index is 8.83. The van der Waals surface area contributed by atoms with Crippen molar-refractivity contribution in [1.82, 2.24) is 9.97 Å². The lowest BCUT2D eigenvalue weighted by atomic mass is 9.97. The first-order valence-electron chi connectivity index (χ1n) is 8.77. The van der Waals surface area contributed by atoms with Crippen LogP contribution in [0.1, 0.15) is 44.9 Å². The van der Waals surface area contributed by atoms with E-state index in [2.05, 4.69) is 33.5 Å². The van der Waals surface area contributed by atoms with E-state index in [1.54, 1.807) is 0 Å². The summed E-state index contributed by atoms with van der Waals surface area (Å²) in [7, 11) is 0. The first-order chi connectivity index (χ1) is 12.3. The molecule has 1 heterocycles. The van der Waals surface area contributed by atoms with Crippen LogP contribution in [0.15, 0.2) is 18.0 Å². The molecule has 25 heavy (non-hydrogen) atoms. The summed E-state index contributed by atoms with van der Waals surface area (Å²) in [6, 6.07) is 4.24. The summed E-state index contributed by atoms with van der Waals surface area (Å²) in [5, 5.41) is 21.0. The van der Waals surface area contributed by atoms with Gasteiger partial charge in [-0.1, -0.05) is 11.6 Å². The molecule has 0 aliphatic heterocycles. The number of allylic oxidation sites excluding steroid dienone is 1. The van der Waals surface area contributed by atoms with Gasteiger partial charge in [0, 0.05) is 19.6 Å². The SMILES string of the molecule is N#CCCN(CCC#N)c1ncnc(NCCC2=CCCCC2)c1N. The fourth-order valence-corrected chi connectivity index (χ4v) is 2.95. The lowest BCUT2D eigenvalue weighted by Crippen LogP contribution is -2.27. The second-order valence-corrected chi connectivity index (χ2v) is 6.05. The van der Waals surface area contributed by atoms with Gasteiger partial charge in [-0.05, 0) is 32.1 Å². The molecular formula is C18H25N7. The zero-order valence-electron chi connectivity index (χ0n) is 14.5. The number of nitrogens with one attached hydrogen (secondary N) is 1. The van der Waals surface area contributed by atoms with Crippen molar-refractivity contribution in [2.45, 2.75) is 44.9 Å². The third-order valence-electron chi connectivity index (χ3n) is 4.27. The van der Waals surface area contributed by atoms with Gasteiger partial charge in [0.15, 0.2) is 11.6 Å². The van der Waals surface area contributed by atoms with Crippen LogP contribution >= 0.6 is 0 Å². The molecule has 132 valence electrons. The van der Waals surface area contributed by atoms with Crippen molar-refractivity contribution in [3.8, 4) is 12.1 Å². The monoisotopic (exact) mass is 339 g/mol. The molecule has 0 unspecified atom stereocenters. The van der Waals surface area contributed by atoms with Gasteiger partial charge in [0.05, 0.1) is 25.0 Å². The topological polar surface area (TPSA) is 115 Å². The number of nitrogens with zero attached hydrogens (tertiary/aromatic N) is 5. The summed E-state index contributed by atoms with van der Waals surface area (Å²) in [5.74, 6) is 1.19. The van der Waals surface area contributed by atoms with E-state index in [1.165, 1.54) is 37.6 Å². The molecule has 1 aliphatic carbocycles. The van der Waals surface area contributed by atoms with E-state index >= 15 is 0 Å². The zero-order valence-corrected chi connectivity index (χ0v) is 14.5. The van der Waals surface area contributed by atoms with Crippen LogP contribution in [-0.4, -0.2) is 29.6 Å². The Balaban J connectivity index is 2.02. The minimum atomic E-state index is 0.353. The fourth-order valence-electron chi connectivity index (χ4n) is 2.95. The molecule has 0 amide bonds. The van der Waals surface area contributed by atoms with Gasteiger partial charge in [-0.15, -0.1) is 0 Å². The number of nitriles is 2. The maximum Gasteiger partial charge on any atom is 0.157 e. The third-order valence-corrected chi connectivity index (χ3v) is 4.27. The maximum atomic E-state index is 8.83. The van der Waals surface area contributed by atoms with Gasteiger partial charge in [0.25, 0.3) is 0 Å². The van der Waals surface area contributed by atoms with Crippen LogP contribution in [0.4, 0.5) is 17.3 Å². The number of aromatic nitrogens is 2. The van der Waals surface area contributed by atoms with Crippen molar-refractivity contribution in [1.29, 1.82) is 10.5 Å². The Morgan fingerprint density at radius 3 is 2.56 bits per heavy atom. The highest BCUT2D eigenvalue weighted by molar-refractivity contribution is 5.74. The Morgan fingerprint density at radius 1 is 1.16 bits per heavy atom. The zero-order chi connectivity index (χ0) is 17.9. The van der Waals surface area contributed by atoms with Crippen LogP contribution < -0.4 is 16.0 Å². The highest BCUT2D eigenvalue weighted by atomic mass is 15.2. The van der Waals surface area contributed by atoms with Crippen LogP contribution in [-0.2, 0) is 0 Å². The normalized spacial score (nSPS) is 13.4. The van der Waals surface area contributed by atoms with Crippen molar-refractivity contribution >= 4 is 17.3 Å². The lowest BCUT2D eigenvalue weighted by molar-refractivity contribution is 0.679. The van der Waals surface area contributed by atoms with E-state index in [0.717, 1.165) is 13.0 Å². The fraction of sp³-hybridized carbons (Fsp3) is 0.556. The Bertz CT molecular complexity index is 651. The highest BCUT2D eigenvalue weighted by Gasteiger charge is 2.15. The first-order valence-corrected chi connectivity index (χ1v) is 8.77. The van der Waals surface area contributed by atoms with Crippen LogP contribution in [0, 0.1) is 22.7 Å². The number of nitrogens with two attached hydrogens (primary N) is 1. The highest BCUT2D eigenvalue weighted by Crippen LogP contribution is 2.27. The Kier molecular flexibility index (Phi) is 7.52. The molecule has 0 atom stereocenters. The molecule has 0 spiro atoms. The molecule has 3 N–H and O–H groups in total. The van der Waals surface area contributed by atoms with Gasteiger partial charge in [-0.3, -0.25) is 0 Å². The van der Waals surface area contributed by atoms with Crippen molar-refractivity contribution in [3.05, 3.63) is 18.0 Å². The molecule has 0 aromatic carbocycles. The van der Waals surface area contributed by atoms with E-state index in [9.17, 15) is 0 Å². The molecule has 1 aromatic rings. The first kappa shape index (κ1) is 18.5. The third kappa shape index (κ3) is 5.65. The summed E-state index contributed by atoms with van der Waals surface area (Å²) >= 11 is 0. The van der Waals surface area contributed by atoms with Crippen LogP contribution in [0.5, 0.6) is 0 Å². The molecule has 0 radical (unpaired) electrons. The average Bonchev–Trinajstić information content (AvgIpc) is 2.65. The van der Waals surface area contributed by atoms with Crippen LogP contribution in [0.25, 0.3) is 0 Å². The number of hydrogen-bond donors (Lipinski definition) is 2. The van der Waals surface area contributed by atoms with E-state index in [-0.39, 0.29) is 0 Å². The Labute approximate surface area is 149 Å². The molecule has 0 bridgehead atoms. The Morgan fingerprint density at radius 2 is 1.92 bits per heavy atom. The summed E-state index contributed by atoms with van der Waals surface area (Å²) in [6.45, 7) is 1.76. The lowest BCUT2D eigenvalue weighted by Gasteiger charge is -2.23. The average molecular weight is 339 g/mol. The minimum absolute atomic E-state index is 0.353. The van der Waals surface area contributed by atoms with Gasteiger partial charge >= 0.3 is 0 Å². The number of hydrogen-bond acceptors (Lipinski definition) is 7. The second kappa shape index (κ2) is 10.1. The molecule has 0 fully saturated rings. The number of nitrogen functional groups attached to an aromatic ring is 1. The van der Waals surface area contributed by atoms with E-state index < -0.39 is 0 Å². The molecule has 2 rings (SSSR count). The number of anilines is 3. The van der Waals surface area contributed by atoms with Crippen LogP contribution in [0.2, 0.25) is 0 Å². The smallest absolute Gasteiger partial charge is 0.157 e. The molecule has 1 aliphatic rings. The van der Waals surface area contributed by atoms with Gasteiger partial charge in [-0.25, -0.2) is 9.97 Å². The van der Waals surface area contributed by atoms with Gasteiger partial charge in [-0.2, -0.15) is 10.5 Å². The predicted octanol–water partition coefficient (Wildman–Crippen LogP) is 2.99. The summed E-state index contributed by atoms with van der Waals surface area (Å²) < 4.78 is 0. The largest absolute Gasteiger partial charge is 0.393 e. The van der Waals surface area contributed by atoms with Crippen molar-refractivity contribution in [3.63, 3.8) is 0 Å². The summed E-state index contributed by atoms with van der Waals surface area (Å²) in [6.07, 6.45) is 10.4. The minimum Gasteiger partial charge on any atom is -0.393 e. The van der Waals surface area contributed by atoms with Gasteiger partial charge < -0.3 is 16.0 Å². The van der Waals surface area contributed by atoms with Gasteiger partial charge in [0.2, 0.25) is 0 Å². The van der Waals surface area contributed by atoms with E-state index in [0.29, 0.717) is 43.3 Å². The number of rotatable bonds is 9. The molecule has 7 nitrogen and oxygen atoms in total. The standard InChI is InChI=1S/C18H25N7/c19-9-4-12-25(13-5-10-20)18-16(21)17(23-14-24-18)22-11-8-15-6-2-1-3-7-15/h6,14H,1-5,7-8,11-13,21H2,(H,22,23,24). The van der Waals surface area contributed by atoms with Crippen LogP contribution in [0.3, 0.4) is 0 Å². The molecule has 1 aromatic heterocycles. The second-order valence-electron chi connectivity index (χ2n) is 6.05. The van der Waals surface area contributed by atoms with Crippen molar-refractivity contribution in [2.75, 3.05) is 35.6 Å². The van der Waals surface area contributed by atoms with E-state index in [4.69, 9.17) is 16.3 Å². The molecular weight excluding hydrogens is 314 g/mol. The predicted molar refractivity (Wildman–Crippen MR) is 98.8 cm³/mol. The summed E-state index contributed by atoms with van der Waals surface area (Å²) in [5.41, 5.74) is 8.20. The van der Waals surface area contributed by atoms with E-state index in [1.807, 2.05) is 4.90 Å². The molecule has 0 saturated carbocycles. The van der Waals surface area contributed by atoms with Gasteiger partial charge in [0.1, 0.15) is 12.0 Å². The Hall–Kier alpha value is -2.80.